The van der Waals surface area contributed by atoms with Crippen molar-refractivity contribution < 1.29 is 9.53 Å². The second kappa shape index (κ2) is 5.26. The lowest BCUT2D eigenvalue weighted by molar-refractivity contribution is -0.141. The van der Waals surface area contributed by atoms with Crippen LogP contribution >= 0.6 is 0 Å². The van der Waals surface area contributed by atoms with E-state index < -0.39 is 0 Å². The SMILES string of the molecule is C=CC(C)(C)[C@@]12CC(=O)O[C@@H]1N(CC=C(C)C)c1ccccc12. The van der Waals surface area contributed by atoms with Crippen LogP contribution in [0.25, 0.3) is 0 Å². The van der Waals surface area contributed by atoms with E-state index in [0.29, 0.717) is 6.42 Å². The van der Waals surface area contributed by atoms with Crippen LogP contribution in [0.3, 0.4) is 0 Å². The molecule has 0 aromatic heterocycles. The monoisotopic (exact) mass is 311 g/mol. The molecular formula is C20H25NO2. The molecule has 3 rings (SSSR count). The molecule has 23 heavy (non-hydrogen) atoms. The fourth-order valence-corrected chi connectivity index (χ4v) is 3.92. The summed E-state index contributed by atoms with van der Waals surface area (Å²) in [4.78, 5) is 14.4. The number of nitrogens with zero attached hydrogens (tertiary/aromatic N) is 1. The van der Waals surface area contributed by atoms with Crippen molar-refractivity contribution in [3.63, 3.8) is 0 Å². The van der Waals surface area contributed by atoms with E-state index in [1.165, 1.54) is 11.1 Å². The molecule has 0 saturated carbocycles. The molecule has 2 heterocycles. The molecule has 3 nitrogen and oxygen atoms in total. The van der Waals surface area contributed by atoms with E-state index in [4.69, 9.17) is 4.74 Å². The van der Waals surface area contributed by atoms with Gasteiger partial charge in [-0.2, -0.15) is 0 Å². The normalized spacial score (nSPS) is 25.7. The average molecular weight is 311 g/mol. The van der Waals surface area contributed by atoms with E-state index in [0.717, 1.165) is 12.2 Å². The molecule has 2 aliphatic heterocycles. The zero-order valence-corrected chi connectivity index (χ0v) is 14.4. The summed E-state index contributed by atoms with van der Waals surface area (Å²) in [7, 11) is 0. The minimum atomic E-state index is -0.377. The Bertz CT molecular complexity index is 685. The lowest BCUT2D eigenvalue weighted by Crippen LogP contribution is -2.50. The van der Waals surface area contributed by atoms with Crippen molar-refractivity contribution in [1.29, 1.82) is 0 Å². The Morgan fingerprint density at radius 1 is 1.43 bits per heavy atom. The minimum absolute atomic E-state index is 0.123. The standard InChI is InChI=1S/C20H25NO2/c1-6-19(4,5)20-13-17(22)23-18(20)21(12-11-14(2)3)16-10-8-7-9-15(16)20/h6-11,18H,1,12-13H2,2-5H3/t18-,20+/m0/s1. The molecular weight excluding hydrogens is 286 g/mol. The van der Waals surface area contributed by atoms with Crippen LogP contribution in [0.15, 0.2) is 48.6 Å². The van der Waals surface area contributed by atoms with Gasteiger partial charge in [0.1, 0.15) is 0 Å². The largest absolute Gasteiger partial charge is 0.440 e. The summed E-state index contributed by atoms with van der Waals surface area (Å²) >= 11 is 0. The van der Waals surface area contributed by atoms with Gasteiger partial charge >= 0.3 is 5.97 Å². The van der Waals surface area contributed by atoms with E-state index in [9.17, 15) is 4.79 Å². The summed E-state index contributed by atoms with van der Waals surface area (Å²) in [6.45, 7) is 13.2. The maximum atomic E-state index is 12.2. The Hall–Kier alpha value is -2.03. The van der Waals surface area contributed by atoms with Gasteiger partial charge in [-0.25, -0.2) is 0 Å². The average Bonchev–Trinajstić information content (AvgIpc) is 2.97. The number of hydrogen-bond donors (Lipinski definition) is 0. The first-order chi connectivity index (χ1) is 10.8. The smallest absolute Gasteiger partial charge is 0.308 e. The highest BCUT2D eigenvalue weighted by Crippen LogP contribution is 2.60. The molecule has 0 N–H and O–H groups in total. The molecule has 3 heteroatoms. The van der Waals surface area contributed by atoms with Gasteiger partial charge in [-0.15, -0.1) is 6.58 Å². The van der Waals surface area contributed by atoms with Crippen LogP contribution in [0.4, 0.5) is 5.69 Å². The van der Waals surface area contributed by atoms with Gasteiger partial charge in [0.25, 0.3) is 0 Å². The van der Waals surface area contributed by atoms with E-state index in [1.807, 2.05) is 18.2 Å². The van der Waals surface area contributed by atoms with Crippen molar-refractivity contribution in [3.8, 4) is 0 Å². The first-order valence-electron chi connectivity index (χ1n) is 8.16. The summed E-state index contributed by atoms with van der Waals surface area (Å²) in [5.74, 6) is -0.123. The van der Waals surface area contributed by atoms with Crippen LogP contribution in [-0.4, -0.2) is 18.7 Å². The van der Waals surface area contributed by atoms with Crippen molar-refractivity contribution in [3.05, 3.63) is 54.1 Å². The third kappa shape index (κ3) is 2.13. The highest BCUT2D eigenvalue weighted by atomic mass is 16.6. The number of allylic oxidation sites excluding steroid dienone is 2. The fraction of sp³-hybridized carbons (Fsp3) is 0.450. The number of para-hydroxylation sites is 1. The van der Waals surface area contributed by atoms with Crippen molar-refractivity contribution in [2.24, 2.45) is 5.41 Å². The zero-order valence-electron chi connectivity index (χ0n) is 14.4. The molecule has 0 radical (unpaired) electrons. The first kappa shape index (κ1) is 15.9. The number of anilines is 1. The molecule has 1 fully saturated rings. The van der Waals surface area contributed by atoms with Gasteiger partial charge in [0.2, 0.25) is 0 Å². The van der Waals surface area contributed by atoms with Gasteiger partial charge in [0, 0.05) is 12.2 Å². The van der Waals surface area contributed by atoms with Crippen LogP contribution in [0.1, 0.15) is 39.7 Å². The molecule has 0 aliphatic carbocycles. The van der Waals surface area contributed by atoms with Crippen molar-refractivity contribution in [2.75, 3.05) is 11.4 Å². The predicted octanol–water partition coefficient (Wildman–Crippen LogP) is 4.20. The summed E-state index contributed by atoms with van der Waals surface area (Å²) in [6.07, 6.45) is 4.28. The van der Waals surface area contributed by atoms with Gasteiger partial charge in [0.15, 0.2) is 6.23 Å². The van der Waals surface area contributed by atoms with Crippen LogP contribution in [0.2, 0.25) is 0 Å². The van der Waals surface area contributed by atoms with Gasteiger partial charge in [0.05, 0.1) is 11.8 Å². The van der Waals surface area contributed by atoms with E-state index in [1.54, 1.807) is 0 Å². The molecule has 1 saturated heterocycles. The van der Waals surface area contributed by atoms with Crippen LogP contribution in [-0.2, 0) is 14.9 Å². The quantitative estimate of drug-likeness (QED) is 0.616. The number of carbonyl (C=O) groups excluding carboxylic acids is 1. The zero-order chi connectivity index (χ0) is 16.8. The van der Waals surface area contributed by atoms with Gasteiger partial charge in [-0.1, -0.05) is 49.8 Å². The molecule has 2 atom stereocenters. The minimum Gasteiger partial charge on any atom is -0.440 e. The number of esters is 1. The van der Waals surface area contributed by atoms with Gasteiger partial charge < -0.3 is 9.64 Å². The Morgan fingerprint density at radius 2 is 2.13 bits per heavy atom. The van der Waals surface area contributed by atoms with Crippen molar-refractivity contribution in [2.45, 2.75) is 45.8 Å². The van der Waals surface area contributed by atoms with Crippen LogP contribution < -0.4 is 4.90 Å². The highest BCUT2D eigenvalue weighted by Gasteiger charge is 2.64. The number of hydrogen-bond acceptors (Lipinski definition) is 3. The summed E-state index contributed by atoms with van der Waals surface area (Å²) in [5.41, 5.74) is 2.99. The summed E-state index contributed by atoms with van der Waals surface area (Å²) in [5, 5.41) is 0. The Morgan fingerprint density at radius 3 is 2.78 bits per heavy atom. The third-order valence-corrected chi connectivity index (χ3v) is 5.42. The molecule has 0 bridgehead atoms. The number of benzene rings is 1. The number of carbonyl (C=O) groups is 1. The maximum Gasteiger partial charge on any atom is 0.308 e. The molecule has 1 aromatic carbocycles. The number of rotatable bonds is 4. The molecule has 0 unspecified atom stereocenters. The number of fused-ring (bicyclic) bond motifs is 3. The van der Waals surface area contributed by atoms with Crippen molar-refractivity contribution in [1.82, 2.24) is 0 Å². The molecule has 1 aromatic rings. The molecule has 0 spiro atoms. The van der Waals surface area contributed by atoms with Gasteiger partial charge in [-0.3, -0.25) is 4.79 Å². The van der Waals surface area contributed by atoms with E-state index >= 15 is 0 Å². The highest BCUT2D eigenvalue weighted by molar-refractivity contribution is 5.81. The van der Waals surface area contributed by atoms with Crippen LogP contribution in [0.5, 0.6) is 0 Å². The topological polar surface area (TPSA) is 29.5 Å². The second-order valence-electron chi connectivity index (χ2n) is 7.37. The lowest BCUT2D eigenvalue weighted by atomic mass is 9.61. The number of ether oxygens (including phenoxy) is 1. The fourth-order valence-electron chi connectivity index (χ4n) is 3.92. The van der Waals surface area contributed by atoms with Crippen LogP contribution in [0, 0.1) is 5.41 Å². The van der Waals surface area contributed by atoms with E-state index in [2.05, 4.69) is 57.4 Å². The Balaban J connectivity index is 2.20. The van der Waals surface area contributed by atoms with E-state index in [-0.39, 0.29) is 23.0 Å². The molecule has 2 aliphatic rings. The maximum absolute atomic E-state index is 12.2. The first-order valence-corrected chi connectivity index (χ1v) is 8.16. The predicted molar refractivity (Wildman–Crippen MR) is 93.4 cm³/mol. The van der Waals surface area contributed by atoms with Gasteiger partial charge in [-0.05, 0) is 30.9 Å². The molecule has 0 amide bonds. The second-order valence-corrected chi connectivity index (χ2v) is 7.37. The molecule has 122 valence electrons. The third-order valence-electron chi connectivity index (χ3n) is 5.42. The Labute approximate surface area is 138 Å². The summed E-state index contributed by atoms with van der Waals surface area (Å²) < 4.78 is 5.81. The van der Waals surface area contributed by atoms with Crippen molar-refractivity contribution >= 4 is 11.7 Å². The lowest BCUT2D eigenvalue weighted by Gasteiger charge is -2.41. The Kier molecular flexibility index (Phi) is 3.62. The summed E-state index contributed by atoms with van der Waals surface area (Å²) in [6, 6.07) is 8.36.